The van der Waals surface area contributed by atoms with E-state index in [0.717, 1.165) is 38.8 Å². The van der Waals surface area contributed by atoms with E-state index in [9.17, 15) is 14.3 Å². The summed E-state index contributed by atoms with van der Waals surface area (Å²) in [6.45, 7) is 3.64. The van der Waals surface area contributed by atoms with Gasteiger partial charge in [-0.2, -0.15) is 0 Å². The lowest BCUT2D eigenvalue weighted by atomic mass is 9.90. The molecule has 5 heteroatoms. The number of aromatic hydroxyl groups is 1. The second-order valence-corrected chi connectivity index (χ2v) is 7.33. The highest BCUT2D eigenvalue weighted by molar-refractivity contribution is 5.94. The lowest BCUT2D eigenvalue weighted by Crippen LogP contribution is -2.46. The second-order valence-electron chi connectivity index (χ2n) is 7.33. The normalized spacial score (nSPS) is 16.8. The zero-order valence-corrected chi connectivity index (χ0v) is 15.7. The minimum Gasteiger partial charge on any atom is -0.508 e. The van der Waals surface area contributed by atoms with E-state index in [-0.39, 0.29) is 17.6 Å². The first-order chi connectivity index (χ1) is 13.0. The molecular formula is C22H27FN2O2. The zero-order chi connectivity index (χ0) is 19.2. The molecule has 4 nitrogen and oxygen atoms in total. The van der Waals surface area contributed by atoms with Crippen LogP contribution in [-0.4, -0.2) is 35.0 Å². The quantitative estimate of drug-likeness (QED) is 0.801. The second kappa shape index (κ2) is 9.00. The summed E-state index contributed by atoms with van der Waals surface area (Å²) in [6, 6.07) is 13.4. The van der Waals surface area contributed by atoms with Gasteiger partial charge in [0.25, 0.3) is 0 Å². The molecule has 0 radical (unpaired) electrons. The molecule has 0 unspecified atom stereocenters. The number of aryl methyl sites for hydroxylation is 1. The number of nitrogens with zero attached hydrogens (tertiary/aromatic N) is 1. The fourth-order valence-corrected chi connectivity index (χ4v) is 3.63. The molecule has 1 fully saturated rings. The fourth-order valence-electron chi connectivity index (χ4n) is 3.63. The van der Waals surface area contributed by atoms with E-state index in [0.29, 0.717) is 11.7 Å². The van der Waals surface area contributed by atoms with Gasteiger partial charge in [0.2, 0.25) is 5.91 Å². The molecule has 2 aromatic rings. The summed E-state index contributed by atoms with van der Waals surface area (Å²) in [5.74, 6) is 0.375. The third-order valence-electron chi connectivity index (χ3n) is 5.49. The van der Waals surface area contributed by atoms with Crippen LogP contribution in [0.3, 0.4) is 0 Å². The Morgan fingerprint density at radius 2 is 1.85 bits per heavy atom. The number of benzene rings is 2. The van der Waals surface area contributed by atoms with Gasteiger partial charge in [-0.25, -0.2) is 4.39 Å². The molecule has 0 bridgehead atoms. The van der Waals surface area contributed by atoms with Gasteiger partial charge in [0, 0.05) is 0 Å². The zero-order valence-electron chi connectivity index (χ0n) is 15.7. The van der Waals surface area contributed by atoms with E-state index in [1.807, 2.05) is 19.1 Å². The average Bonchev–Trinajstić information content (AvgIpc) is 2.69. The van der Waals surface area contributed by atoms with Crippen LogP contribution in [0, 0.1) is 11.7 Å². The van der Waals surface area contributed by atoms with Crippen molar-refractivity contribution < 1.29 is 14.3 Å². The van der Waals surface area contributed by atoms with E-state index in [1.165, 1.54) is 11.6 Å². The van der Waals surface area contributed by atoms with Crippen molar-refractivity contribution in [3.05, 3.63) is 59.9 Å². The van der Waals surface area contributed by atoms with Gasteiger partial charge in [-0.05, 0) is 81.4 Å². The summed E-state index contributed by atoms with van der Waals surface area (Å²) in [5.41, 5.74) is 1.48. The van der Waals surface area contributed by atoms with Gasteiger partial charge >= 0.3 is 0 Å². The Hall–Kier alpha value is -2.40. The number of nitrogens with one attached hydrogen (secondary N) is 1. The number of halogens is 1. The van der Waals surface area contributed by atoms with Gasteiger partial charge in [-0.1, -0.05) is 24.3 Å². The summed E-state index contributed by atoms with van der Waals surface area (Å²) in [5, 5.41) is 12.0. The highest BCUT2D eigenvalue weighted by atomic mass is 19.1. The van der Waals surface area contributed by atoms with Crippen LogP contribution in [-0.2, 0) is 11.2 Å². The van der Waals surface area contributed by atoms with Gasteiger partial charge in [0.05, 0.1) is 11.7 Å². The third-order valence-corrected chi connectivity index (χ3v) is 5.49. The van der Waals surface area contributed by atoms with Crippen molar-refractivity contribution in [3.8, 4) is 5.75 Å². The van der Waals surface area contributed by atoms with Crippen molar-refractivity contribution >= 4 is 11.6 Å². The Morgan fingerprint density at radius 1 is 1.19 bits per heavy atom. The number of piperidine rings is 1. The van der Waals surface area contributed by atoms with Crippen LogP contribution in [0.1, 0.15) is 31.7 Å². The van der Waals surface area contributed by atoms with E-state index in [2.05, 4.69) is 10.2 Å². The summed E-state index contributed by atoms with van der Waals surface area (Å²) in [4.78, 5) is 14.6. The molecule has 1 atom stereocenters. The Labute approximate surface area is 160 Å². The van der Waals surface area contributed by atoms with Crippen LogP contribution in [0.25, 0.3) is 0 Å². The van der Waals surface area contributed by atoms with Crippen LogP contribution in [0.15, 0.2) is 48.5 Å². The smallest absolute Gasteiger partial charge is 0.241 e. The molecule has 27 heavy (non-hydrogen) atoms. The first kappa shape index (κ1) is 19.4. The molecule has 1 saturated heterocycles. The van der Waals surface area contributed by atoms with Crippen LogP contribution >= 0.6 is 0 Å². The molecule has 0 aliphatic carbocycles. The molecule has 3 rings (SSSR count). The molecule has 0 spiro atoms. The van der Waals surface area contributed by atoms with Crippen LogP contribution < -0.4 is 5.32 Å². The van der Waals surface area contributed by atoms with E-state index < -0.39 is 5.82 Å². The molecule has 0 aromatic heterocycles. The molecule has 1 aliphatic heterocycles. The maximum Gasteiger partial charge on any atom is 0.241 e. The number of carbonyl (C=O) groups is 1. The summed E-state index contributed by atoms with van der Waals surface area (Å²) < 4.78 is 13.7. The number of anilines is 1. The number of rotatable bonds is 6. The molecule has 1 amide bonds. The highest BCUT2D eigenvalue weighted by Gasteiger charge is 2.26. The Kier molecular flexibility index (Phi) is 6.45. The molecule has 1 heterocycles. The van der Waals surface area contributed by atoms with Gasteiger partial charge in [0.15, 0.2) is 0 Å². The minimum atomic E-state index is -0.411. The number of amides is 1. The maximum atomic E-state index is 13.7. The van der Waals surface area contributed by atoms with Crippen molar-refractivity contribution in [2.45, 2.75) is 38.6 Å². The molecule has 144 valence electrons. The van der Waals surface area contributed by atoms with Crippen molar-refractivity contribution in [3.63, 3.8) is 0 Å². The third kappa shape index (κ3) is 5.30. The summed E-state index contributed by atoms with van der Waals surface area (Å²) >= 11 is 0. The van der Waals surface area contributed by atoms with Gasteiger partial charge < -0.3 is 10.4 Å². The highest BCUT2D eigenvalue weighted by Crippen LogP contribution is 2.24. The van der Waals surface area contributed by atoms with Crippen molar-refractivity contribution in [2.75, 3.05) is 18.4 Å². The number of hydrogen-bond acceptors (Lipinski definition) is 3. The van der Waals surface area contributed by atoms with Gasteiger partial charge in [-0.15, -0.1) is 0 Å². The number of hydrogen-bond donors (Lipinski definition) is 2. The van der Waals surface area contributed by atoms with Crippen molar-refractivity contribution in [1.82, 2.24) is 4.90 Å². The SMILES string of the molecule is C[C@H](C(=O)Nc1ccccc1F)N1CCC(CCc2ccc(O)cc2)CC1. The standard InChI is InChI=1S/C22H27FN2O2/c1-16(22(27)24-21-5-3-2-4-20(21)23)25-14-12-18(13-15-25)7-6-17-8-10-19(26)11-9-17/h2-5,8-11,16,18,26H,6-7,12-15H2,1H3,(H,24,27)/t16-/m1/s1. The van der Waals surface area contributed by atoms with Crippen LogP contribution in [0.5, 0.6) is 5.75 Å². The Balaban J connectivity index is 1.44. The van der Waals surface area contributed by atoms with Crippen LogP contribution in [0.2, 0.25) is 0 Å². The number of phenols is 1. The number of carbonyl (C=O) groups excluding carboxylic acids is 1. The van der Waals surface area contributed by atoms with E-state index in [4.69, 9.17) is 0 Å². The molecular weight excluding hydrogens is 343 g/mol. The molecule has 1 aliphatic rings. The first-order valence-corrected chi connectivity index (χ1v) is 9.60. The molecule has 2 aromatic carbocycles. The number of likely N-dealkylation sites (tertiary alicyclic amines) is 1. The summed E-state index contributed by atoms with van der Waals surface area (Å²) in [6.07, 6.45) is 4.26. The maximum absolute atomic E-state index is 13.7. The summed E-state index contributed by atoms with van der Waals surface area (Å²) in [7, 11) is 0. The fraction of sp³-hybridized carbons (Fsp3) is 0.409. The van der Waals surface area contributed by atoms with Gasteiger partial charge in [0.1, 0.15) is 11.6 Å². The van der Waals surface area contributed by atoms with Crippen molar-refractivity contribution in [1.29, 1.82) is 0 Å². The lowest BCUT2D eigenvalue weighted by molar-refractivity contribution is -0.121. The lowest BCUT2D eigenvalue weighted by Gasteiger charge is -2.35. The van der Waals surface area contributed by atoms with Gasteiger partial charge in [-0.3, -0.25) is 9.69 Å². The predicted molar refractivity (Wildman–Crippen MR) is 105 cm³/mol. The van der Waals surface area contributed by atoms with Crippen LogP contribution in [0.4, 0.5) is 10.1 Å². The molecule has 2 N–H and O–H groups in total. The minimum absolute atomic E-state index is 0.164. The number of phenolic OH excluding ortho intramolecular Hbond substituents is 1. The van der Waals surface area contributed by atoms with Crippen molar-refractivity contribution in [2.24, 2.45) is 5.92 Å². The largest absolute Gasteiger partial charge is 0.508 e. The monoisotopic (exact) mass is 370 g/mol. The number of para-hydroxylation sites is 1. The molecule has 0 saturated carbocycles. The average molecular weight is 370 g/mol. The Morgan fingerprint density at radius 3 is 2.52 bits per heavy atom. The van der Waals surface area contributed by atoms with E-state index in [1.54, 1.807) is 30.3 Å². The topological polar surface area (TPSA) is 52.6 Å². The van der Waals surface area contributed by atoms with E-state index >= 15 is 0 Å². The predicted octanol–water partition coefficient (Wildman–Crippen LogP) is 4.20. The Bertz CT molecular complexity index is 755. The first-order valence-electron chi connectivity index (χ1n) is 9.60.